The van der Waals surface area contributed by atoms with E-state index in [1.54, 1.807) is 18.5 Å². The first-order valence-corrected chi connectivity index (χ1v) is 8.24. The van der Waals surface area contributed by atoms with E-state index in [2.05, 4.69) is 9.97 Å². The molecule has 0 bridgehead atoms. The van der Waals surface area contributed by atoms with Gasteiger partial charge in [0.15, 0.2) is 0 Å². The molecule has 3 nitrogen and oxygen atoms in total. The predicted molar refractivity (Wildman–Crippen MR) is 97.9 cm³/mol. The van der Waals surface area contributed by atoms with Crippen LogP contribution in [0.3, 0.4) is 0 Å². The zero-order chi connectivity index (χ0) is 17.4. The Hall–Kier alpha value is -3.01. The third-order valence-corrected chi connectivity index (χ3v) is 4.44. The lowest BCUT2D eigenvalue weighted by Crippen LogP contribution is -2.01. The Kier molecular flexibility index (Phi) is 3.80. The highest BCUT2D eigenvalue weighted by molar-refractivity contribution is 5.79. The molecule has 0 aliphatic carbocycles. The Morgan fingerprint density at radius 3 is 2.60 bits per heavy atom. The highest BCUT2D eigenvalue weighted by Gasteiger charge is 2.10. The molecule has 0 N–H and O–H groups in total. The minimum Gasteiger partial charge on any atom is -0.341 e. The molecule has 0 spiro atoms. The molecule has 0 radical (unpaired) electrons. The lowest BCUT2D eigenvalue weighted by atomic mass is 10.0. The van der Waals surface area contributed by atoms with Gasteiger partial charge in [-0.2, -0.15) is 0 Å². The monoisotopic (exact) mass is 331 g/mol. The van der Waals surface area contributed by atoms with Crippen molar-refractivity contribution in [2.24, 2.45) is 0 Å². The minimum atomic E-state index is -0.199. The number of halogens is 1. The maximum Gasteiger partial charge on any atom is 0.128 e. The lowest BCUT2D eigenvalue weighted by molar-refractivity contribution is 0.602. The van der Waals surface area contributed by atoms with E-state index in [0.29, 0.717) is 12.1 Å². The number of nitrogens with zero attached hydrogens (tertiary/aromatic N) is 3. The van der Waals surface area contributed by atoms with E-state index in [0.717, 1.165) is 33.4 Å². The molecule has 4 rings (SSSR count). The molecule has 124 valence electrons. The van der Waals surface area contributed by atoms with E-state index in [1.165, 1.54) is 0 Å². The summed E-state index contributed by atoms with van der Waals surface area (Å²) in [4.78, 5) is 8.60. The second-order valence-electron chi connectivity index (χ2n) is 6.30. The number of pyridine rings is 2. The molecule has 3 heterocycles. The average Bonchev–Trinajstić information content (AvgIpc) is 2.93. The Balaban J connectivity index is 1.69. The number of hydrogen-bond donors (Lipinski definition) is 0. The number of hydrogen-bond acceptors (Lipinski definition) is 2. The number of benzene rings is 1. The van der Waals surface area contributed by atoms with Gasteiger partial charge in [-0.15, -0.1) is 0 Å². The molecule has 0 atom stereocenters. The van der Waals surface area contributed by atoms with Crippen LogP contribution in [0.1, 0.15) is 16.8 Å². The number of rotatable bonds is 3. The predicted octanol–water partition coefficient (Wildman–Crippen LogP) is 4.90. The molecule has 3 aromatic heterocycles. The Morgan fingerprint density at radius 1 is 0.960 bits per heavy atom. The summed E-state index contributed by atoms with van der Waals surface area (Å²) in [7, 11) is 0. The molecule has 1 aromatic carbocycles. The standard InChI is InChI=1S/C21H18FN3/c1-14-12-25(20-4-3-8-24-21(14)20)13-18-6-5-16(11-19(18)22)17-7-9-23-15(2)10-17/h3-12H,13H2,1-2H3. The lowest BCUT2D eigenvalue weighted by Gasteiger charge is -2.09. The third-order valence-electron chi connectivity index (χ3n) is 4.44. The van der Waals surface area contributed by atoms with Gasteiger partial charge in [0.25, 0.3) is 0 Å². The maximum absolute atomic E-state index is 14.7. The summed E-state index contributed by atoms with van der Waals surface area (Å²) in [5, 5.41) is 0. The van der Waals surface area contributed by atoms with Gasteiger partial charge in [0.1, 0.15) is 5.82 Å². The van der Waals surface area contributed by atoms with Crippen LogP contribution in [0.4, 0.5) is 4.39 Å². The van der Waals surface area contributed by atoms with Gasteiger partial charge < -0.3 is 4.57 Å². The van der Waals surface area contributed by atoms with Crippen molar-refractivity contribution in [2.45, 2.75) is 20.4 Å². The van der Waals surface area contributed by atoms with Crippen molar-refractivity contribution in [3.05, 3.63) is 83.7 Å². The maximum atomic E-state index is 14.7. The van der Waals surface area contributed by atoms with E-state index in [9.17, 15) is 4.39 Å². The molecule has 0 saturated carbocycles. The van der Waals surface area contributed by atoms with Crippen LogP contribution >= 0.6 is 0 Å². The van der Waals surface area contributed by atoms with Gasteiger partial charge in [-0.3, -0.25) is 9.97 Å². The van der Waals surface area contributed by atoms with Crippen LogP contribution in [0.15, 0.2) is 61.1 Å². The molecule has 0 unspecified atom stereocenters. The molecule has 4 heteroatoms. The normalized spacial score (nSPS) is 11.2. The van der Waals surface area contributed by atoms with Crippen molar-refractivity contribution in [1.29, 1.82) is 0 Å². The SMILES string of the molecule is Cc1cc(-c2ccc(Cn3cc(C)c4ncccc43)c(F)c2)ccn1. The number of aryl methyl sites for hydroxylation is 2. The molecule has 0 fully saturated rings. The van der Waals surface area contributed by atoms with Gasteiger partial charge in [0.2, 0.25) is 0 Å². The zero-order valence-corrected chi connectivity index (χ0v) is 14.2. The Morgan fingerprint density at radius 2 is 1.80 bits per heavy atom. The first-order valence-electron chi connectivity index (χ1n) is 8.24. The largest absolute Gasteiger partial charge is 0.341 e. The van der Waals surface area contributed by atoms with Crippen LogP contribution in [0, 0.1) is 19.7 Å². The molecule has 0 amide bonds. The quantitative estimate of drug-likeness (QED) is 0.534. The van der Waals surface area contributed by atoms with Gasteiger partial charge in [-0.05, 0) is 60.9 Å². The Bertz CT molecular complexity index is 1070. The smallest absolute Gasteiger partial charge is 0.128 e. The van der Waals surface area contributed by atoms with Gasteiger partial charge >= 0.3 is 0 Å². The average molecular weight is 331 g/mol. The topological polar surface area (TPSA) is 30.7 Å². The second-order valence-corrected chi connectivity index (χ2v) is 6.30. The van der Waals surface area contributed by atoms with Gasteiger partial charge in [0, 0.05) is 29.8 Å². The third kappa shape index (κ3) is 2.91. The molecule has 0 aliphatic heterocycles. The molecular weight excluding hydrogens is 313 g/mol. The van der Waals surface area contributed by atoms with Gasteiger partial charge in [-0.25, -0.2) is 4.39 Å². The van der Waals surface area contributed by atoms with Gasteiger partial charge in [0.05, 0.1) is 17.6 Å². The van der Waals surface area contributed by atoms with Crippen LogP contribution in [-0.2, 0) is 6.54 Å². The van der Waals surface area contributed by atoms with Crippen LogP contribution in [0.2, 0.25) is 0 Å². The first-order chi connectivity index (χ1) is 12.1. The van der Waals surface area contributed by atoms with Crippen LogP contribution < -0.4 is 0 Å². The molecule has 25 heavy (non-hydrogen) atoms. The van der Waals surface area contributed by atoms with Crippen molar-refractivity contribution in [3.8, 4) is 11.1 Å². The highest BCUT2D eigenvalue weighted by Crippen LogP contribution is 2.24. The number of aromatic nitrogens is 3. The van der Waals surface area contributed by atoms with E-state index >= 15 is 0 Å². The first kappa shape index (κ1) is 15.5. The fraction of sp³-hybridized carbons (Fsp3) is 0.143. The number of fused-ring (bicyclic) bond motifs is 1. The summed E-state index contributed by atoms with van der Waals surface area (Å²) in [5.41, 5.74) is 6.50. The summed E-state index contributed by atoms with van der Waals surface area (Å²) >= 11 is 0. The molecule has 4 aromatic rings. The summed E-state index contributed by atoms with van der Waals surface area (Å²) in [6.45, 7) is 4.44. The van der Waals surface area contributed by atoms with E-state index in [-0.39, 0.29) is 5.82 Å². The van der Waals surface area contributed by atoms with Crippen LogP contribution in [-0.4, -0.2) is 14.5 Å². The van der Waals surface area contributed by atoms with Crippen molar-refractivity contribution >= 4 is 11.0 Å². The minimum absolute atomic E-state index is 0.199. The summed E-state index contributed by atoms with van der Waals surface area (Å²) < 4.78 is 16.7. The van der Waals surface area contributed by atoms with Crippen LogP contribution in [0.5, 0.6) is 0 Å². The summed E-state index contributed by atoms with van der Waals surface area (Å²) in [6, 6.07) is 13.2. The molecule has 0 aliphatic rings. The van der Waals surface area contributed by atoms with E-state index < -0.39 is 0 Å². The Labute approximate surface area is 145 Å². The molecule has 0 saturated heterocycles. The fourth-order valence-corrected chi connectivity index (χ4v) is 3.19. The summed E-state index contributed by atoms with van der Waals surface area (Å²) in [6.07, 6.45) is 5.56. The van der Waals surface area contributed by atoms with E-state index in [4.69, 9.17) is 0 Å². The molecular formula is C21H18FN3. The van der Waals surface area contributed by atoms with Crippen molar-refractivity contribution in [2.75, 3.05) is 0 Å². The van der Waals surface area contributed by atoms with Gasteiger partial charge in [-0.1, -0.05) is 12.1 Å². The van der Waals surface area contributed by atoms with Crippen molar-refractivity contribution < 1.29 is 4.39 Å². The second kappa shape index (κ2) is 6.13. The van der Waals surface area contributed by atoms with Crippen molar-refractivity contribution in [3.63, 3.8) is 0 Å². The van der Waals surface area contributed by atoms with Crippen LogP contribution in [0.25, 0.3) is 22.2 Å². The van der Waals surface area contributed by atoms with E-state index in [1.807, 2.05) is 61.0 Å². The fourth-order valence-electron chi connectivity index (χ4n) is 3.19. The highest BCUT2D eigenvalue weighted by atomic mass is 19.1. The summed E-state index contributed by atoms with van der Waals surface area (Å²) in [5.74, 6) is -0.199. The zero-order valence-electron chi connectivity index (χ0n) is 14.2. The van der Waals surface area contributed by atoms with Crippen molar-refractivity contribution in [1.82, 2.24) is 14.5 Å².